The summed E-state index contributed by atoms with van der Waals surface area (Å²) in [5, 5.41) is -0.0381. The Morgan fingerprint density at radius 3 is 2.34 bits per heavy atom. The predicted octanol–water partition coefficient (Wildman–Crippen LogP) is 4.74. The lowest BCUT2D eigenvalue weighted by molar-refractivity contribution is -0.128. The van der Waals surface area contributed by atoms with Crippen LogP contribution in [-0.4, -0.2) is 41.5 Å². The molecule has 3 aromatic carbocycles. The van der Waals surface area contributed by atoms with E-state index in [1.54, 1.807) is 30.8 Å². The third-order valence-electron chi connectivity index (χ3n) is 5.53. The fourth-order valence-electron chi connectivity index (χ4n) is 3.77. The molecule has 3 aromatic rings. The first kappa shape index (κ1) is 22.0. The third-order valence-corrected chi connectivity index (χ3v) is 6.79. The Morgan fingerprint density at radius 1 is 1.00 bits per heavy atom. The molecule has 1 heterocycles. The van der Waals surface area contributed by atoms with Crippen LogP contribution in [0.25, 0.3) is 0 Å². The van der Waals surface area contributed by atoms with E-state index < -0.39 is 0 Å². The van der Waals surface area contributed by atoms with Crippen molar-refractivity contribution in [3.05, 3.63) is 101 Å². The number of carbonyl (C=O) groups excluding carboxylic acids is 2. The van der Waals surface area contributed by atoms with E-state index in [0.29, 0.717) is 24.4 Å². The standard InChI is InChI=1S/C26H26N2O3S/c1-27(16-20-8-14-23(31-2)15-9-20)25(30)21-10-12-22(13-11-21)26-28(24(29)18-32-26)17-19-6-4-3-5-7-19/h3-15,26H,16-18H2,1-2H3/t26-/m1/s1. The fraction of sp³-hybridized carbons (Fsp3) is 0.231. The Hall–Kier alpha value is -3.25. The number of benzene rings is 3. The number of hydrogen-bond acceptors (Lipinski definition) is 4. The van der Waals surface area contributed by atoms with Crippen LogP contribution in [-0.2, 0) is 17.9 Å². The maximum atomic E-state index is 12.9. The van der Waals surface area contributed by atoms with Gasteiger partial charge in [0.2, 0.25) is 5.91 Å². The third kappa shape index (κ3) is 4.97. The van der Waals surface area contributed by atoms with Gasteiger partial charge in [-0.15, -0.1) is 11.8 Å². The van der Waals surface area contributed by atoms with Crippen molar-refractivity contribution in [2.45, 2.75) is 18.5 Å². The summed E-state index contributed by atoms with van der Waals surface area (Å²) in [5.41, 5.74) is 3.82. The van der Waals surface area contributed by atoms with Crippen LogP contribution in [0.3, 0.4) is 0 Å². The molecule has 164 valence electrons. The highest BCUT2D eigenvalue weighted by Crippen LogP contribution is 2.39. The number of ether oxygens (including phenoxy) is 1. The van der Waals surface area contributed by atoms with Crippen molar-refractivity contribution in [1.82, 2.24) is 9.80 Å². The molecule has 1 fully saturated rings. The van der Waals surface area contributed by atoms with Crippen molar-refractivity contribution in [1.29, 1.82) is 0 Å². The van der Waals surface area contributed by atoms with Crippen LogP contribution < -0.4 is 4.74 Å². The number of hydrogen-bond donors (Lipinski definition) is 0. The average Bonchev–Trinajstić information content (AvgIpc) is 3.19. The number of rotatable bonds is 7. The fourth-order valence-corrected chi connectivity index (χ4v) is 4.96. The second kappa shape index (κ2) is 9.92. The summed E-state index contributed by atoms with van der Waals surface area (Å²) in [5.74, 6) is 1.37. The zero-order chi connectivity index (χ0) is 22.5. The highest BCUT2D eigenvalue weighted by Gasteiger charge is 2.32. The number of carbonyl (C=O) groups is 2. The number of amides is 2. The van der Waals surface area contributed by atoms with Crippen LogP contribution >= 0.6 is 11.8 Å². The van der Waals surface area contributed by atoms with Crippen molar-refractivity contribution in [2.24, 2.45) is 0 Å². The minimum atomic E-state index is -0.0383. The molecule has 1 atom stereocenters. The van der Waals surface area contributed by atoms with Crippen molar-refractivity contribution in [3.63, 3.8) is 0 Å². The van der Waals surface area contributed by atoms with E-state index in [4.69, 9.17) is 4.74 Å². The van der Waals surface area contributed by atoms with Crippen LogP contribution in [0.2, 0.25) is 0 Å². The van der Waals surface area contributed by atoms with Crippen LogP contribution in [0.15, 0.2) is 78.9 Å². The Balaban J connectivity index is 1.43. The van der Waals surface area contributed by atoms with E-state index in [9.17, 15) is 9.59 Å². The Bertz CT molecular complexity index is 1070. The van der Waals surface area contributed by atoms with Gasteiger partial charge in [-0.3, -0.25) is 9.59 Å². The van der Waals surface area contributed by atoms with Gasteiger partial charge in [-0.05, 0) is 41.0 Å². The molecule has 1 saturated heterocycles. The van der Waals surface area contributed by atoms with Gasteiger partial charge in [0.25, 0.3) is 5.91 Å². The molecular formula is C26H26N2O3S. The normalized spacial score (nSPS) is 15.6. The van der Waals surface area contributed by atoms with Crippen molar-refractivity contribution in [2.75, 3.05) is 19.9 Å². The molecule has 0 aliphatic carbocycles. The lowest BCUT2D eigenvalue weighted by Crippen LogP contribution is -2.28. The first-order chi connectivity index (χ1) is 15.5. The SMILES string of the molecule is COc1ccc(CN(C)C(=O)c2ccc([C@H]3SCC(=O)N3Cc3ccccc3)cc2)cc1. The summed E-state index contributed by atoms with van der Waals surface area (Å²) < 4.78 is 5.18. The van der Waals surface area contributed by atoms with Gasteiger partial charge in [-0.25, -0.2) is 0 Å². The topological polar surface area (TPSA) is 49.9 Å². The molecule has 0 N–H and O–H groups in total. The van der Waals surface area contributed by atoms with E-state index in [1.807, 2.05) is 83.8 Å². The van der Waals surface area contributed by atoms with Crippen molar-refractivity contribution in [3.8, 4) is 5.75 Å². The molecule has 0 bridgehead atoms. The minimum absolute atomic E-state index is 0.0381. The summed E-state index contributed by atoms with van der Waals surface area (Å²) in [4.78, 5) is 29.0. The molecule has 0 unspecified atom stereocenters. The monoisotopic (exact) mass is 446 g/mol. The summed E-state index contributed by atoms with van der Waals surface area (Å²) in [6.45, 7) is 1.10. The Labute approximate surface area is 193 Å². The molecule has 5 nitrogen and oxygen atoms in total. The van der Waals surface area contributed by atoms with E-state index >= 15 is 0 Å². The highest BCUT2D eigenvalue weighted by atomic mass is 32.2. The predicted molar refractivity (Wildman–Crippen MR) is 127 cm³/mol. The Morgan fingerprint density at radius 2 is 1.69 bits per heavy atom. The van der Waals surface area contributed by atoms with Crippen molar-refractivity contribution >= 4 is 23.6 Å². The highest BCUT2D eigenvalue weighted by molar-refractivity contribution is 8.00. The van der Waals surface area contributed by atoms with Gasteiger partial charge >= 0.3 is 0 Å². The molecule has 2 amide bonds. The van der Waals surface area contributed by atoms with Gasteiger partial charge in [0.15, 0.2) is 0 Å². The first-order valence-corrected chi connectivity index (χ1v) is 11.5. The van der Waals surface area contributed by atoms with Gasteiger partial charge in [-0.1, -0.05) is 54.6 Å². The van der Waals surface area contributed by atoms with Crippen molar-refractivity contribution < 1.29 is 14.3 Å². The molecule has 0 aromatic heterocycles. The summed E-state index contributed by atoms with van der Waals surface area (Å²) in [6, 6.07) is 25.4. The second-order valence-corrected chi connectivity index (χ2v) is 8.87. The van der Waals surface area contributed by atoms with Gasteiger partial charge in [0.05, 0.1) is 12.9 Å². The van der Waals surface area contributed by atoms with Gasteiger partial charge in [0, 0.05) is 25.7 Å². The van der Waals surface area contributed by atoms with E-state index in [2.05, 4.69) is 0 Å². The van der Waals surface area contributed by atoms with Crippen LogP contribution in [0.1, 0.15) is 32.4 Å². The lowest BCUT2D eigenvalue weighted by Gasteiger charge is -2.24. The maximum absolute atomic E-state index is 12.9. The van der Waals surface area contributed by atoms with E-state index in [1.165, 1.54) is 0 Å². The zero-order valence-electron chi connectivity index (χ0n) is 18.2. The molecule has 32 heavy (non-hydrogen) atoms. The number of nitrogens with zero attached hydrogens (tertiary/aromatic N) is 2. The number of thioether (sulfide) groups is 1. The van der Waals surface area contributed by atoms with E-state index in [0.717, 1.165) is 22.4 Å². The smallest absolute Gasteiger partial charge is 0.253 e. The molecule has 1 aliphatic rings. The van der Waals surface area contributed by atoms with E-state index in [-0.39, 0.29) is 17.2 Å². The zero-order valence-corrected chi connectivity index (χ0v) is 19.0. The molecule has 1 aliphatic heterocycles. The molecule has 0 saturated carbocycles. The van der Waals surface area contributed by atoms with Gasteiger partial charge in [0.1, 0.15) is 11.1 Å². The number of methoxy groups -OCH3 is 1. The lowest BCUT2D eigenvalue weighted by atomic mass is 10.1. The molecule has 0 spiro atoms. The second-order valence-electron chi connectivity index (χ2n) is 7.80. The van der Waals surface area contributed by atoms with Crippen LogP contribution in [0.5, 0.6) is 5.75 Å². The molecular weight excluding hydrogens is 420 g/mol. The van der Waals surface area contributed by atoms with Gasteiger partial charge in [-0.2, -0.15) is 0 Å². The van der Waals surface area contributed by atoms with Gasteiger partial charge < -0.3 is 14.5 Å². The first-order valence-electron chi connectivity index (χ1n) is 10.5. The quantitative estimate of drug-likeness (QED) is 0.526. The summed E-state index contributed by atoms with van der Waals surface area (Å²) >= 11 is 1.63. The van der Waals surface area contributed by atoms with Crippen LogP contribution in [0, 0.1) is 0 Å². The maximum Gasteiger partial charge on any atom is 0.253 e. The molecule has 4 rings (SSSR count). The minimum Gasteiger partial charge on any atom is -0.497 e. The largest absolute Gasteiger partial charge is 0.497 e. The molecule has 0 radical (unpaired) electrons. The molecule has 6 heteroatoms. The summed E-state index contributed by atoms with van der Waals surface area (Å²) in [6.07, 6.45) is 0. The summed E-state index contributed by atoms with van der Waals surface area (Å²) in [7, 11) is 3.43. The Kier molecular flexibility index (Phi) is 6.81. The average molecular weight is 447 g/mol. The van der Waals surface area contributed by atoms with Crippen LogP contribution in [0.4, 0.5) is 0 Å².